The Balaban J connectivity index is 1.30. The van der Waals surface area contributed by atoms with E-state index in [1.165, 1.54) is 43.4 Å². The number of ether oxygens (including phenoxy) is 2. The zero-order valence-corrected chi connectivity index (χ0v) is 27.5. The molecule has 47 heavy (non-hydrogen) atoms. The number of thioether (sulfide) groups is 1. The summed E-state index contributed by atoms with van der Waals surface area (Å²) in [5.41, 5.74) is 3.18. The highest BCUT2D eigenvalue weighted by Gasteiger charge is 2.19. The van der Waals surface area contributed by atoms with Gasteiger partial charge in [-0.1, -0.05) is 54.6 Å². The van der Waals surface area contributed by atoms with E-state index in [0.717, 1.165) is 16.2 Å². The number of thiazole rings is 1. The summed E-state index contributed by atoms with van der Waals surface area (Å²) in [6, 6.07) is 30.7. The maximum Gasteiger partial charge on any atom is 0.272 e. The molecule has 3 amide bonds. The van der Waals surface area contributed by atoms with Gasteiger partial charge in [0.2, 0.25) is 5.91 Å². The van der Waals surface area contributed by atoms with Crippen LogP contribution in [0.15, 0.2) is 119 Å². The predicted octanol–water partition coefficient (Wildman–Crippen LogP) is 7.36. The Bertz CT molecular complexity index is 1890. The van der Waals surface area contributed by atoms with Crippen molar-refractivity contribution in [2.45, 2.75) is 17.1 Å². The van der Waals surface area contributed by atoms with E-state index in [9.17, 15) is 14.4 Å². The number of hydrogen-bond acceptors (Lipinski definition) is 8. The summed E-state index contributed by atoms with van der Waals surface area (Å²) in [7, 11) is 3.06. The molecule has 0 aliphatic carbocycles. The number of benzene rings is 4. The highest BCUT2D eigenvalue weighted by molar-refractivity contribution is 8.00. The lowest BCUT2D eigenvalue weighted by Gasteiger charge is -2.14. The maximum atomic E-state index is 13.6. The molecule has 9 nitrogen and oxygen atoms in total. The van der Waals surface area contributed by atoms with Crippen LogP contribution in [-0.2, 0) is 9.59 Å². The minimum atomic E-state index is -0.551. The third kappa shape index (κ3) is 8.87. The molecule has 5 rings (SSSR count). The van der Waals surface area contributed by atoms with Crippen molar-refractivity contribution in [1.82, 2.24) is 10.3 Å². The number of amides is 3. The fourth-order valence-corrected chi connectivity index (χ4v) is 6.08. The van der Waals surface area contributed by atoms with Crippen LogP contribution in [0.3, 0.4) is 0 Å². The van der Waals surface area contributed by atoms with Crippen LogP contribution in [0, 0.1) is 0 Å². The second-order valence-corrected chi connectivity index (χ2v) is 12.4. The van der Waals surface area contributed by atoms with Gasteiger partial charge in [-0.15, -0.1) is 23.1 Å². The van der Waals surface area contributed by atoms with Gasteiger partial charge in [-0.05, 0) is 61.5 Å². The molecular formula is C36H32N4O5S2. The van der Waals surface area contributed by atoms with Gasteiger partial charge < -0.3 is 25.4 Å². The Morgan fingerprint density at radius 1 is 0.851 bits per heavy atom. The van der Waals surface area contributed by atoms with Crippen molar-refractivity contribution >= 4 is 57.7 Å². The van der Waals surface area contributed by atoms with Gasteiger partial charge in [0.25, 0.3) is 11.8 Å². The van der Waals surface area contributed by atoms with Crippen molar-refractivity contribution in [1.29, 1.82) is 0 Å². The van der Waals surface area contributed by atoms with Crippen LogP contribution in [0.4, 0.5) is 10.8 Å². The molecule has 1 unspecified atom stereocenters. The minimum Gasteiger partial charge on any atom is -0.497 e. The fraction of sp³-hybridized carbons (Fsp3) is 0.111. The Morgan fingerprint density at radius 3 is 2.32 bits per heavy atom. The van der Waals surface area contributed by atoms with Gasteiger partial charge in [0.15, 0.2) is 5.13 Å². The third-order valence-corrected chi connectivity index (χ3v) is 8.69. The highest BCUT2D eigenvalue weighted by atomic mass is 32.2. The van der Waals surface area contributed by atoms with Crippen molar-refractivity contribution in [2.75, 3.05) is 24.9 Å². The van der Waals surface area contributed by atoms with Crippen LogP contribution < -0.4 is 25.4 Å². The Labute approximate surface area is 281 Å². The van der Waals surface area contributed by atoms with E-state index in [1.54, 1.807) is 73.7 Å². The molecule has 11 heteroatoms. The maximum absolute atomic E-state index is 13.6. The number of nitrogens with one attached hydrogen (secondary N) is 3. The summed E-state index contributed by atoms with van der Waals surface area (Å²) in [5, 5.41) is 10.5. The molecule has 0 saturated carbocycles. The Hall–Kier alpha value is -5.39. The number of methoxy groups -OCH3 is 2. The van der Waals surface area contributed by atoms with Crippen LogP contribution in [0.1, 0.15) is 22.8 Å². The molecule has 0 fully saturated rings. The number of anilines is 2. The van der Waals surface area contributed by atoms with Gasteiger partial charge in [0.1, 0.15) is 17.2 Å². The Kier molecular flexibility index (Phi) is 11.1. The zero-order chi connectivity index (χ0) is 33.2. The molecule has 1 aromatic heterocycles. The summed E-state index contributed by atoms with van der Waals surface area (Å²) >= 11 is 2.71. The summed E-state index contributed by atoms with van der Waals surface area (Å²) in [6.07, 6.45) is 1.53. The third-order valence-electron chi connectivity index (χ3n) is 6.84. The van der Waals surface area contributed by atoms with Crippen molar-refractivity contribution < 1.29 is 23.9 Å². The minimum absolute atomic E-state index is 0.00507. The van der Waals surface area contributed by atoms with Crippen molar-refractivity contribution in [2.24, 2.45) is 0 Å². The fourth-order valence-electron chi connectivity index (χ4n) is 4.43. The summed E-state index contributed by atoms with van der Waals surface area (Å²) in [4.78, 5) is 45.0. The largest absolute Gasteiger partial charge is 0.497 e. The molecule has 1 heterocycles. The van der Waals surface area contributed by atoms with Crippen molar-refractivity contribution in [3.05, 3.63) is 125 Å². The van der Waals surface area contributed by atoms with Gasteiger partial charge in [0.05, 0.1) is 25.2 Å². The van der Waals surface area contributed by atoms with Crippen molar-refractivity contribution in [3.8, 4) is 22.8 Å². The van der Waals surface area contributed by atoms with Crippen molar-refractivity contribution in [3.63, 3.8) is 0 Å². The molecule has 0 aliphatic heterocycles. The van der Waals surface area contributed by atoms with Crippen LogP contribution in [0.5, 0.6) is 11.5 Å². The monoisotopic (exact) mass is 664 g/mol. The number of hydrogen-bond donors (Lipinski definition) is 3. The molecule has 0 aliphatic rings. The smallest absolute Gasteiger partial charge is 0.272 e. The molecule has 238 valence electrons. The van der Waals surface area contributed by atoms with Crippen LogP contribution >= 0.6 is 23.1 Å². The predicted molar refractivity (Wildman–Crippen MR) is 188 cm³/mol. The lowest BCUT2D eigenvalue weighted by atomic mass is 10.1. The number of aromatic nitrogens is 1. The normalized spacial score (nSPS) is 11.7. The molecule has 4 aromatic carbocycles. The molecular weight excluding hydrogens is 633 g/mol. The topological polar surface area (TPSA) is 119 Å². The lowest BCUT2D eigenvalue weighted by Crippen LogP contribution is -2.30. The van der Waals surface area contributed by atoms with Crippen LogP contribution in [0.2, 0.25) is 0 Å². The van der Waals surface area contributed by atoms with E-state index < -0.39 is 17.1 Å². The Morgan fingerprint density at radius 2 is 1.60 bits per heavy atom. The summed E-state index contributed by atoms with van der Waals surface area (Å²) < 4.78 is 10.8. The van der Waals surface area contributed by atoms with E-state index >= 15 is 0 Å². The standard InChI is InChI=1S/C36H32N4O5S2/c1-23(33(41)40-36-39-31(22-46-36)24-11-6-4-7-12-24)47-29-16-10-15-27(21-29)37-35(43)30(38-34(42)25-13-8-5-9-14-25)20-26-19-28(44-2)17-18-32(26)45-3/h4-23H,1-3H3,(H,37,43)(H,38,42)(H,39,40,41)/b30-20+. The van der Waals surface area contributed by atoms with Gasteiger partial charge in [0, 0.05) is 32.7 Å². The zero-order valence-electron chi connectivity index (χ0n) is 25.9. The lowest BCUT2D eigenvalue weighted by molar-refractivity contribution is -0.115. The molecule has 1 atom stereocenters. The van der Waals surface area contributed by atoms with Gasteiger partial charge in [-0.25, -0.2) is 4.98 Å². The van der Waals surface area contributed by atoms with E-state index in [4.69, 9.17) is 9.47 Å². The second-order valence-electron chi connectivity index (χ2n) is 10.1. The first-order chi connectivity index (χ1) is 22.8. The average Bonchev–Trinajstić information content (AvgIpc) is 3.57. The quantitative estimate of drug-likeness (QED) is 0.0943. The number of carbonyl (C=O) groups is 3. The van der Waals surface area contributed by atoms with E-state index in [2.05, 4.69) is 20.9 Å². The second kappa shape index (κ2) is 15.7. The summed E-state index contributed by atoms with van der Waals surface area (Å²) in [5.74, 6) is -0.149. The van der Waals surface area contributed by atoms with Crippen LogP contribution in [-0.4, -0.2) is 42.2 Å². The first-order valence-corrected chi connectivity index (χ1v) is 16.3. The van der Waals surface area contributed by atoms with E-state index in [0.29, 0.717) is 33.4 Å². The van der Waals surface area contributed by atoms with Gasteiger partial charge in [-0.3, -0.25) is 14.4 Å². The molecule has 0 saturated heterocycles. The number of nitrogens with zero attached hydrogens (tertiary/aromatic N) is 1. The highest BCUT2D eigenvalue weighted by Crippen LogP contribution is 2.30. The van der Waals surface area contributed by atoms with Crippen LogP contribution in [0.25, 0.3) is 17.3 Å². The molecule has 0 radical (unpaired) electrons. The number of carbonyl (C=O) groups excluding carboxylic acids is 3. The molecule has 0 bridgehead atoms. The van der Waals surface area contributed by atoms with Gasteiger partial charge in [-0.2, -0.15) is 0 Å². The molecule has 5 aromatic rings. The number of rotatable bonds is 12. The van der Waals surface area contributed by atoms with E-state index in [-0.39, 0.29) is 11.6 Å². The van der Waals surface area contributed by atoms with E-state index in [1.807, 2.05) is 41.8 Å². The van der Waals surface area contributed by atoms with Gasteiger partial charge >= 0.3 is 0 Å². The first kappa shape index (κ1) is 33.0. The molecule has 0 spiro atoms. The molecule has 3 N–H and O–H groups in total. The average molecular weight is 665 g/mol. The first-order valence-electron chi connectivity index (χ1n) is 14.5. The summed E-state index contributed by atoms with van der Waals surface area (Å²) in [6.45, 7) is 1.80. The SMILES string of the molecule is COc1ccc(OC)c(/C=C(/NC(=O)c2ccccc2)C(=O)Nc2cccc(SC(C)C(=O)Nc3nc(-c4ccccc4)cs3)c2)c1.